The third kappa shape index (κ3) is 3.57. The average Bonchev–Trinajstić information content (AvgIpc) is 3.11. The highest BCUT2D eigenvalue weighted by Crippen LogP contribution is 2.21. The molecule has 4 rings (SSSR count). The lowest BCUT2D eigenvalue weighted by molar-refractivity contribution is 0.598. The van der Waals surface area contributed by atoms with Crippen molar-refractivity contribution < 1.29 is 8.42 Å². The van der Waals surface area contributed by atoms with Crippen LogP contribution < -0.4 is 10.5 Å². The van der Waals surface area contributed by atoms with Crippen LogP contribution in [0.3, 0.4) is 0 Å². The summed E-state index contributed by atoms with van der Waals surface area (Å²) < 4.78 is 24.8. The molecule has 2 aromatic carbocycles. The van der Waals surface area contributed by atoms with Gasteiger partial charge in [0.1, 0.15) is 12.1 Å². The number of primary sulfonamides is 1. The number of nitrogens with one attached hydrogen (secondary N) is 1. The van der Waals surface area contributed by atoms with Crippen LogP contribution in [0.15, 0.2) is 72.0 Å². The minimum atomic E-state index is -3.78. The number of aromatic nitrogens is 4. The maximum absolute atomic E-state index is 11.5. The summed E-state index contributed by atoms with van der Waals surface area (Å²) in [5.74, 6) is 1.10. The van der Waals surface area contributed by atoms with Crippen molar-refractivity contribution in [2.75, 3.05) is 5.32 Å². The number of rotatable bonds is 5. The molecule has 0 amide bonds. The maximum Gasteiger partial charge on any atom is 0.238 e. The number of fused-ring (bicyclic) bond motifs is 1. The molecule has 8 nitrogen and oxygen atoms in total. The molecule has 4 aromatic rings. The standard InChI is InChI=1S/C19H18N6O2S/c1-13(14-5-3-2-4-6-14)23-19-21-10-9-18(24-19)25-12-22-16-11-15(28(20,26)27)7-8-17(16)25/h2-13H,1H3,(H2,20,26,27)(H,21,23,24)/t13-/m0/s1. The van der Waals surface area contributed by atoms with E-state index in [2.05, 4.69) is 20.3 Å². The first kappa shape index (κ1) is 18.1. The van der Waals surface area contributed by atoms with Gasteiger partial charge in [0.05, 0.1) is 22.0 Å². The minimum Gasteiger partial charge on any atom is -0.348 e. The largest absolute Gasteiger partial charge is 0.348 e. The van der Waals surface area contributed by atoms with Crippen molar-refractivity contribution >= 4 is 27.0 Å². The van der Waals surface area contributed by atoms with Gasteiger partial charge in [-0.05, 0) is 36.8 Å². The summed E-state index contributed by atoms with van der Waals surface area (Å²) in [7, 11) is -3.78. The van der Waals surface area contributed by atoms with E-state index in [0.29, 0.717) is 22.8 Å². The molecule has 2 heterocycles. The molecule has 0 unspecified atom stereocenters. The summed E-state index contributed by atoms with van der Waals surface area (Å²) in [5, 5.41) is 8.47. The molecule has 1 atom stereocenters. The van der Waals surface area contributed by atoms with Gasteiger partial charge in [-0.3, -0.25) is 4.57 Å². The first-order chi connectivity index (χ1) is 13.4. The Bertz CT molecular complexity index is 1240. The molecular formula is C19H18N6O2S. The Morgan fingerprint density at radius 3 is 2.61 bits per heavy atom. The molecule has 0 bridgehead atoms. The first-order valence-corrected chi connectivity index (χ1v) is 10.1. The van der Waals surface area contributed by atoms with Gasteiger partial charge in [0.25, 0.3) is 0 Å². The van der Waals surface area contributed by atoms with E-state index in [1.807, 2.05) is 37.3 Å². The molecule has 2 aromatic heterocycles. The molecular weight excluding hydrogens is 376 g/mol. The van der Waals surface area contributed by atoms with Gasteiger partial charge in [0.2, 0.25) is 16.0 Å². The number of nitrogens with zero attached hydrogens (tertiary/aromatic N) is 4. The van der Waals surface area contributed by atoms with Crippen molar-refractivity contribution in [1.82, 2.24) is 19.5 Å². The Morgan fingerprint density at radius 2 is 1.86 bits per heavy atom. The molecule has 0 radical (unpaired) electrons. The number of sulfonamides is 1. The fourth-order valence-electron chi connectivity index (χ4n) is 2.92. The van der Waals surface area contributed by atoms with Gasteiger partial charge in [-0.1, -0.05) is 30.3 Å². The van der Waals surface area contributed by atoms with Crippen molar-refractivity contribution in [2.45, 2.75) is 17.9 Å². The topological polar surface area (TPSA) is 116 Å². The molecule has 3 N–H and O–H groups in total. The third-order valence-electron chi connectivity index (χ3n) is 4.38. The van der Waals surface area contributed by atoms with Crippen LogP contribution in [0, 0.1) is 0 Å². The van der Waals surface area contributed by atoms with Gasteiger partial charge in [0.15, 0.2) is 0 Å². The van der Waals surface area contributed by atoms with Gasteiger partial charge in [-0.2, -0.15) is 4.98 Å². The van der Waals surface area contributed by atoms with E-state index in [-0.39, 0.29) is 10.9 Å². The smallest absolute Gasteiger partial charge is 0.238 e. The lowest BCUT2D eigenvalue weighted by atomic mass is 10.1. The zero-order valence-electron chi connectivity index (χ0n) is 15.0. The van der Waals surface area contributed by atoms with E-state index >= 15 is 0 Å². The Kier molecular flexibility index (Phi) is 4.54. The molecule has 142 valence electrons. The number of hydrogen-bond donors (Lipinski definition) is 2. The van der Waals surface area contributed by atoms with Crippen LogP contribution >= 0.6 is 0 Å². The fraction of sp³-hybridized carbons (Fsp3) is 0.105. The number of imidazole rings is 1. The van der Waals surface area contributed by atoms with Crippen molar-refractivity contribution in [3.05, 3.63) is 72.7 Å². The predicted molar refractivity (Wildman–Crippen MR) is 107 cm³/mol. The van der Waals surface area contributed by atoms with Gasteiger partial charge in [-0.15, -0.1) is 0 Å². The van der Waals surface area contributed by atoms with Crippen LogP contribution in [-0.2, 0) is 10.0 Å². The lowest BCUT2D eigenvalue weighted by Crippen LogP contribution is -2.12. The van der Waals surface area contributed by atoms with Crippen LogP contribution in [0.1, 0.15) is 18.5 Å². The number of anilines is 1. The van der Waals surface area contributed by atoms with Crippen LogP contribution in [0.25, 0.3) is 16.9 Å². The highest BCUT2D eigenvalue weighted by atomic mass is 32.2. The Morgan fingerprint density at radius 1 is 1.07 bits per heavy atom. The van der Waals surface area contributed by atoms with E-state index in [0.717, 1.165) is 5.56 Å². The van der Waals surface area contributed by atoms with E-state index in [1.54, 1.807) is 29.2 Å². The van der Waals surface area contributed by atoms with Crippen molar-refractivity contribution in [2.24, 2.45) is 5.14 Å². The van der Waals surface area contributed by atoms with Gasteiger partial charge >= 0.3 is 0 Å². The van der Waals surface area contributed by atoms with Gasteiger partial charge in [-0.25, -0.2) is 23.5 Å². The summed E-state index contributed by atoms with van der Waals surface area (Å²) in [6.07, 6.45) is 3.25. The quantitative estimate of drug-likeness (QED) is 0.538. The second kappa shape index (κ2) is 7.02. The maximum atomic E-state index is 11.5. The predicted octanol–water partition coefficient (Wildman–Crippen LogP) is 2.64. The number of benzene rings is 2. The molecule has 0 aliphatic heterocycles. The van der Waals surface area contributed by atoms with Crippen LogP contribution in [0.4, 0.5) is 5.95 Å². The zero-order chi connectivity index (χ0) is 19.7. The lowest BCUT2D eigenvalue weighted by Gasteiger charge is -2.14. The van der Waals surface area contributed by atoms with Crippen molar-refractivity contribution in [3.63, 3.8) is 0 Å². The number of hydrogen-bond acceptors (Lipinski definition) is 6. The van der Waals surface area contributed by atoms with E-state index in [4.69, 9.17) is 5.14 Å². The highest BCUT2D eigenvalue weighted by molar-refractivity contribution is 7.89. The Hall–Kier alpha value is -3.30. The molecule has 9 heteroatoms. The fourth-order valence-corrected chi connectivity index (χ4v) is 3.46. The van der Waals surface area contributed by atoms with Crippen molar-refractivity contribution in [3.8, 4) is 5.82 Å². The number of nitrogens with two attached hydrogens (primary N) is 1. The van der Waals surface area contributed by atoms with E-state index in [1.165, 1.54) is 12.1 Å². The van der Waals surface area contributed by atoms with Crippen LogP contribution in [0.5, 0.6) is 0 Å². The van der Waals surface area contributed by atoms with Crippen LogP contribution in [0.2, 0.25) is 0 Å². The summed E-state index contributed by atoms with van der Waals surface area (Å²) in [6.45, 7) is 2.03. The van der Waals surface area contributed by atoms with Crippen LogP contribution in [-0.4, -0.2) is 27.9 Å². The summed E-state index contributed by atoms with van der Waals surface area (Å²) >= 11 is 0. The minimum absolute atomic E-state index is 0.0204. The highest BCUT2D eigenvalue weighted by Gasteiger charge is 2.13. The molecule has 0 saturated heterocycles. The first-order valence-electron chi connectivity index (χ1n) is 8.56. The summed E-state index contributed by atoms with van der Waals surface area (Å²) in [5.41, 5.74) is 2.35. The molecule has 0 aliphatic carbocycles. The second-order valence-corrected chi connectivity index (χ2v) is 7.89. The normalized spacial score (nSPS) is 12.8. The van der Waals surface area contributed by atoms with E-state index in [9.17, 15) is 8.42 Å². The monoisotopic (exact) mass is 394 g/mol. The van der Waals surface area contributed by atoms with E-state index < -0.39 is 10.0 Å². The summed E-state index contributed by atoms with van der Waals surface area (Å²) in [6, 6.07) is 16.4. The zero-order valence-corrected chi connectivity index (χ0v) is 15.8. The van der Waals surface area contributed by atoms with Crippen molar-refractivity contribution in [1.29, 1.82) is 0 Å². The SMILES string of the molecule is C[C@H](Nc1nccc(-n2cnc3cc(S(N)(=O)=O)ccc32)n1)c1ccccc1. The Balaban J connectivity index is 1.66. The summed E-state index contributed by atoms with van der Waals surface area (Å²) in [4.78, 5) is 13.1. The Labute approximate surface area is 162 Å². The molecule has 0 spiro atoms. The van der Waals surface area contributed by atoms with Gasteiger partial charge < -0.3 is 5.32 Å². The average molecular weight is 394 g/mol. The second-order valence-electron chi connectivity index (χ2n) is 6.33. The molecule has 0 saturated carbocycles. The molecule has 0 aliphatic rings. The van der Waals surface area contributed by atoms with Gasteiger partial charge in [0, 0.05) is 6.20 Å². The third-order valence-corrected chi connectivity index (χ3v) is 5.29. The molecule has 28 heavy (non-hydrogen) atoms. The molecule has 0 fully saturated rings.